The second-order valence-electron chi connectivity index (χ2n) is 5.58. The molecule has 1 aromatic carbocycles. The summed E-state index contributed by atoms with van der Waals surface area (Å²) in [5.74, 6) is 0.485. The molecule has 18 heavy (non-hydrogen) atoms. The fourth-order valence-corrected chi connectivity index (χ4v) is 3.26. The molecule has 0 radical (unpaired) electrons. The third-order valence-electron chi connectivity index (χ3n) is 4.14. The Morgan fingerprint density at radius 3 is 2.61 bits per heavy atom. The van der Waals surface area contributed by atoms with E-state index in [0.717, 1.165) is 6.61 Å². The fourth-order valence-electron chi connectivity index (χ4n) is 3.26. The Morgan fingerprint density at radius 1 is 1.17 bits per heavy atom. The molecule has 2 nitrogen and oxygen atoms in total. The van der Waals surface area contributed by atoms with E-state index in [1.165, 1.54) is 31.7 Å². The summed E-state index contributed by atoms with van der Waals surface area (Å²) >= 11 is 0. The summed E-state index contributed by atoms with van der Waals surface area (Å²) in [6, 6.07) is 8.25. The fraction of sp³-hybridized carbons (Fsp3) is 0.600. The summed E-state index contributed by atoms with van der Waals surface area (Å²) in [6.45, 7) is 1.16. The number of ether oxygens (including phenoxy) is 1. The van der Waals surface area contributed by atoms with Gasteiger partial charge in [0.25, 0.3) is 0 Å². The normalized spacial score (nSPS) is 30.6. The lowest BCUT2D eigenvalue weighted by Crippen LogP contribution is -2.39. The van der Waals surface area contributed by atoms with Crippen LogP contribution in [-0.2, 0) is 11.3 Å². The molecule has 2 bridgehead atoms. The zero-order chi connectivity index (χ0) is 12.4. The number of halogens is 1. The van der Waals surface area contributed by atoms with E-state index in [0.29, 0.717) is 30.2 Å². The first-order chi connectivity index (χ1) is 8.81. The van der Waals surface area contributed by atoms with Crippen molar-refractivity contribution in [2.24, 2.45) is 5.92 Å². The molecule has 1 N–H and O–H groups in total. The highest BCUT2D eigenvalue weighted by atomic mass is 19.1. The second-order valence-corrected chi connectivity index (χ2v) is 5.58. The number of piperidine rings is 1. The van der Waals surface area contributed by atoms with Crippen LogP contribution in [0.15, 0.2) is 24.3 Å². The van der Waals surface area contributed by atoms with Crippen molar-refractivity contribution in [2.75, 3.05) is 6.61 Å². The maximum absolute atomic E-state index is 13.4. The minimum absolute atomic E-state index is 0.164. The van der Waals surface area contributed by atoms with E-state index < -0.39 is 0 Å². The second kappa shape index (κ2) is 5.37. The molecule has 0 saturated carbocycles. The third-order valence-corrected chi connectivity index (χ3v) is 4.14. The van der Waals surface area contributed by atoms with Crippen molar-refractivity contribution < 1.29 is 9.13 Å². The summed E-state index contributed by atoms with van der Waals surface area (Å²) in [6.07, 6.45) is 5.06. The van der Waals surface area contributed by atoms with E-state index in [-0.39, 0.29) is 5.82 Å². The Balaban J connectivity index is 1.46. The van der Waals surface area contributed by atoms with Crippen LogP contribution in [0.2, 0.25) is 0 Å². The molecule has 1 unspecified atom stereocenters. The Kier molecular flexibility index (Phi) is 3.62. The van der Waals surface area contributed by atoms with E-state index in [2.05, 4.69) is 5.32 Å². The molecule has 3 atom stereocenters. The zero-order valence-corrected chi connectivity index (χ0v) is 10.6. The van der Waals surface area contributed by atoms with Gasteiger partial charge >= 0.3 is 0 Å². The molecule has 2 aliphatic rings. The van der Waals surface area contributed by atoms with Crippen molar-refractivity contribution >= 4 is 0 Å². The molecule has 1 aromatic rings. The number of benzene rings is 1. The lowest BCUT2D eigenvalue weighted by atomic mass is 9.93. The highest BCUT2D eigenvalue weighted by Crippen LogP contribution is 2.31. The molecule has 2 aliphatic heterocycles. The SMILES string of the molecule is Fc1ccccc1COCC1C[C@H]2CC[C@@H](C1)N2. The molecule has 2 saturated heterocycles. The van der Waals surface area contributed by atoms with Gasteiger partial charge in [0.05, 0.1) is 6.61 Å². The number of hydrogen-bond donors (Lipinski definition) is 1. The van der Waals surface area contributed by atoms with Gasteiger partial charge in [-0.1, -0.05) is 18.2 Å². The average molecular weight is 249 g/mol. The van der Waals surface area contributed by atoms with Crippen molar-refractivity contribution in [3.63, 3.8) is 0 Å². The van der Waals surface area contributed by atoms with Crippen molar-refractivity contribution in [1.29, 1.82) is 0 Å². The van der Waals surface area contributed by atoms with Gasteiger partial charge in [-0.15, -0.1) is 0 Å². The van der Waals surface area contributed by atoms with Crippen LogP contribution < -0.4 is 5.32 Å². The molecule has 2 fully saturated rings. The largest absolute Gasteiger partial charge is 0.376 e. The number of rotatable bonds is 4. The third kappa shape index (κ3) is 2.73. The first-order valence-corrected chi connectivity index (χ1v) is 6.88. The molecule has 0 amide bonds. The molecule has 98 valence electrons. The van der Waals surface area contributed by atoms with Gasteiger partial charge < -0.3 is 10.1 Å². The quantitative estimate of drug-likeness (QED) is 0.886. The van der Waals surface area contributed by atoms with E-state index >= 15 is 0 Å². The van der Waals surface area contributed by atoms with Crippen LogP contribution in [0, 0.1) is 11.7 Å². The van der Waals surface area contributed by atoms with E-state index in [1.54, 1.807) is 12.1 Å². The van der Waals surface area contributed by atoms with Gasteiger partial charge in [0.15, 0.2) is 0 Å². The lowest BCUT2D eigenvalue weighted by molar-refractivity contribution is 0.0671. The molecule has 0 aromatic heterocycles. The van der Waals surface area contributed by atoms with Crippen LogP contribution in [-0.4, -0.2) is 18.7 Å². The van der Waals surface area contributed by atoms with Gasteiger partial charge in [0, 0.05) is 24.3 Å². The minimum atomic E-state index is -0.164. The van der Waals surface area contributed by atoms with Crippen LogP contribution >= 0.6 is 0 Å². The molecule has 0 aliphatic carbocycles. The van der Waals surface area contributed by atoms with Crippen molar-refractivity contribution in [3.05, 3.63) is 35.6 Å². The maximum atomic E-state index is 13.4. The van der Waals surface area contributed by atoms with Gasteiger partial charge in [-0.05, 0) is 37.7 Å². The lowest BCUT2D eigenvalue weighted by Gasteiger charge is -2.28. The Morgan fingerprint density at radius 2 is 1.89 bits per heavy atom. The summed E-state index contributed by atoms with van der Waals surface area (Å²) in [4.78, 5) is 0. The van der Waals surface area contributed by atoms with Crippen molar-refractivity contribution in [2.45, 2.75) is 44.4 Å². The monoisotopic (exact) mass is 249 g/mol. The Bertz CT molecular complexity index is 397. The highest BCUT2D eigenvalue weighted by Gasteiger charge is 2.33. The van der Waals surface area contributed by atoms with Gasteiger partial charge in [0.1, 0.15) is 5.82 Å². The van der Waals surface area contributed by atoms with Gasteiger partial charge in [0.2, 0.25) is 0 Å². The summed E-state index contributed by atoms with van der Waals surface area (Å²) in [7, 11) is 0. The molecule has 0 spiro atoms. The minimum Gasteiger partial charge on any atom is -0.376 e. The standard InChI is InChI=1S/C15H20FNO/c16-15-4-2-1-3-12(15)10-18-9-11-7-13-5-6-14(8-11)17-13/h1-4,11,13-14,17H,5-10H2/t11?,13-,14+. The Labute approximate surface area is 108 Å². The molecule has 2 heterocycles. The molecular weight excluding hydrogens is 229 g/mol. The van der Waals surface area contributed by atoms with Crippen LogP contribution in [0.1, 0.15) is 31.2 Å². The predicted molar refractivity (Wildman–Crippen MR) is 68.7 cm³/mol. The zero-order valence-electron chi connectivity index (χ0n) is 10.6. The summed E-state index contributed by atoms with van der Waals surface area (Å²) < 4.78 is 19.1. The summed E-state index contributed by atoms with van der Waals surface area (Å²) in [5.41, 5.74) is 0.661. The topological polar surface area (TPSA) is 21.3 Å². The summed E-state index contributed by atoms with van der Waals surface area (Å²) in [5, 5.41) is 3.62. The van der Waals surface area contributed by atoms with Crippen molar-refractivity contribution in [1.82, 2.24) is 5.32 Å². The van der Waals surface area contributed by atoms with Crippen LogP contribution in [0.4, 0.5) is 4.39 Å². The van der Waals surface area contributed by atoms with Crippen LogP contribution in [0.25, 0.3) is 0 Å². The average Bonchev–Trinajstić information content (AvgIpc) is 2.71. The van der Waals surface area contributed by atoms with Gasteiger partial charge in [-0.2, -0.15) is 0 Å². The Hall–Kier alpha value is -0.930. The van der Waals surface area contributed by atoms with E-state index in [9.17, 15) is 4.39 Å². The smallest absolute Gasteiger partial charge is 0.128 e. The van der Waals surface area contributed by atoms with E-state index in [1.807, 2.05) is 6.07 Å². The highest BCUT2D eigenvalue weighted by molar-refractivity contribution is 5.16. The van der Waals surface area contributed by atoms with E-state index in [4.69, 9.17) is 4.74 Å². The van der Waals surface area contributed by atoms with Crippen LogP contribution in [0.5, 0.6) is 0 Å². The first-order valence-electron chi connectivity index (χ1n) is 6.88. The van der Waals surface area contributed by atoms with Gasteiger partial charge in [-0.25, -0.2) is 4.39 Å². The van der Waals surface area contributed by atoms with Crippen molar-refractivity contribution in [3.8, 4) is 0 Å². The van der Waals surface area contributed by atoms with Crippen LogP contribution in [0.3, 0.4) is 0 Å². The number of nitrogens with one attached hydrogen (secondary N) is 1. The predicted octanol–water partition coefficient (Wildman–Crippen LogP) is 2.87. The maximum Gasteiger partial charge on any atom is 0.128 e. The molecular formula is C15H20FNO. The first kappa shape index (κ1) is 12.1. The van der Waals surface area contributed by atoms with Gasteiger partial charge in [-0.3, -0.25) is 0 Å². The number of hydrogen-bond acceptors (Lipinski definition) is 2. The molecule has 3 heteroatoms. The number of fused-ring (bicyclic) bond motifs is 2. The molecule has 3 rings (SSSR count).